The van der Waals surface area contributed by atoms with Crippen LogP contribution in [-0.2, 0) is 5.60 Å². The van der Waals surface area contributed by atoms with Crippen molar-refractivity contribution in [3.63, 3.8) is 0 Å². The van der Waals surface area contributed by atoms with Crippen molar-refractivity contribution < 1.29 is 27.8 Å². The summed E-state index contributed by atoms with van der Waals surface area (Å²) in [5.41, 5.74) is -0.483. The van der Waals surface area contributed by atoms with Crippen molar-refractivity contribution in [1.29, 1.82) is 0 Å². The van der Waals surface area contributed by atoms with Gasteiger partial charge in [0, 0.05) is 32.4 Å². The van der Waals surface area contributed by atoms with Gasteiger partial charge in [-0.05, 0) is 39.3 Å². The van der Waals surface area contributed by atoms with Crippen molar-refractivity contribution in [2.45, 2.75) is 39.2 Å². The molecule has 0 radical (unpaired) electrons. The number of nitrogens with zero attached hydrogens (tertiary/aromatic N) is 4. The van der Waals surface area contributed by atoms with E-state index < -0.39 is 18.6 Å². The minimum atomic E-state index is -2.65. The molecule has 1 aliphatic rings. The number of halogens is 2. The van der Waals surface area contributed by atoms with Crippen LogP contribution in [-0.4, -0.2) is 65.1 Å². The number of hydrogen-bond donors (Lipinski definition) is 1. The summed E-state index contributed by atoms with van der Waals surface area (Å²) < 4.78 is 35.7. The Hall–Kier alpha value is -2.75. The molecule has 3 rings (SSSR count). The fourth-order valence-electron chi connectivity index (χ4n) is 3.38. The summed E-state index contributed by atoms with van der Waals surface area (Å²) in [6.07, 6.45) is -0.592. The number of aliphatic hydroxyl groups is 1. The van der Waals surface area contributed by atoms with Gasteiger partial charge in [0.15, 0.2) is 6.61 Å². The molecule has 0 saturated carbocycles. The molecule has 1 amide bonds. The maximum Gasteiger partial charge on any atom is 0.297 e. The summed E-state index contributed by atoms with van der Waals surface area (Å²) in [5.74, 6) is 0.128. The Morgan fingerprint density at radius 1 is 1.33 bits per heavy atom. The largest absolute Gasteiger partial charge is 0.471 e. The van der Waals surface area contributed by atoms with Gasteiger partial charge in [0.25, 0.3) is 18.3 Å². The number of aryl methyl sites for hydroxylation is 1. The fourth-order valence-corrected chi connectivity index (χ4v) is 3.38. The molecule has 10 heteroatoms. The SMILES string of the molecule is Cc1oc(N2CCCN(C(=O)c3cccnc3OCC(F)F)CC2)nc1C(C)(C)O. The van der Waals surface area contributed by atoms with Crippen LogP contribution in [0.15, 0.2) is 22.7 Å². The molecule has 0 aromatic carbocycles. The van der Waals surface area contributed by atoms with E-state index in [1.807, 2.05) is 4.90 Å². The van der Waals surface area contributed by atoms with Gasteiger partial charge in [-0.1, -0.05) is 0 Å². The van der Waals surface area contributed by atoms with E-state index in [0.29, 0.717) is 50.1 Å². The summed E-state index contributed by atoms with van der Waals surface area (Å²) in [6.45, 7) is 6.19. The number of alkyl halides is 2. The Balaban J connectivity index is 1.71. The van der Waals surface area contributed by atoms with E-state index in [1.54, 1.807) is 31.7 Å². The maximum atomic E-state index is 13.0. The summed E-state index contributed by atoms with van der Waals surface area (Å²) in [6, 6.07) is 3.49. The minimum Gasteiger partial charge on any atom is -0.471 e. The Morgan fingerprint density at radius 3 is 2.77 bits per heavy atom. The summed E-state index contributed by atoms with van der Waals surface area (Å²) >= 11 is 0. The second-order valence-corrected chi connectivity index (χ2v) is 7.65. The third-order valence-electron chi connectivity index (χ3n) is 4.77. The van der Waals surface area contributed by atoms with Gasteiger partial charge >= 0.3 is 0 Å². The van der Waals surface area contributed by atoms with E-state index in [9.17, 15) is 18.7 Å². The van der Waals surface area contributed by atoms with Gasteiger partial charge in [-0.2, -0.15) is 4.98 Å². The van der Waals surface area contributed by atoms with Crippen LogP contribution in [0.4, 0.5) is 14.8 Å². The quantitative estimate of drug-likeness (QED) is 0.762. The molecule has 30 heavy (non-hydrogen) atoms. The molecule has 0 unspecified atom stereocenters. The molecule has 1 saturated heterocycles. The highest BCUT2D eigenvalue weighted by Crippen LogP contribution is 2.28. The first-order valence-electron chi connectivity index (χ1n) is 9.77. The van der Waals surface area contributed by atoms with Crippen LogP contribution in [0.2, 0.25) is 0 Å². The zero-order chi connectivity index (χ0) is 21.9. The Bertz CT molecular complexity index is 882. The first kappa shape index (κ1) is 21.9. The van der Waals surface area contributed by atoms with Crippen LogP contribution in [0, 0.1) is 6.92 Å². The van der Waals surface area contributed by atoms with E-state index in [0.717, 1.165) is 0 Å². The van der Waals surface area contributed by atoms with Gasteiger partial charge in [0.05, 0.1) is 0 Å². The predicted molar refractivity (Wildman–Crippen MR) is 105 cm³/mol. The Labute approximate surface area is 173 Å². The maximum absolute atomic E-state index is 13.0. The van der Waals surface area contributed by atoms with Crippen molar-refractivity contribution >= 4 is 11.9 Å². The lowest BCUT2D eigenvalue weighted by atomic mass is 10.0. The monoisotopic (exact) mass is 424 g/mol. The zero-order valence-electron chi connectivity index (χ0n) is 17.3. The molecule has 3 heterocycles. The molecule has 2 aromatic rings. The number of rotatable bonds is 6. The highest BCUT2D eigenvalue weighted by atomic mass is 19.3. The van der Waals surface area contributed by atoms with Crippen LogP contribution >= 0.6 is 0 Å². The number of carbonyl (C=O) groups is 1. The lowest BCUT2D eigenvalue weighted by molar-refractivity contribution is 0.0708. The highest BCUT2D eigenvalue weighted by Gasteiger charge is 2.29. The normalized spacial score (nSPS) is 15.4. The number of pyridine rings is 1. The van der Waals surface area contributed by atoms with Crippen LogP contribution in [0.5, 0.6) is 5.88 Å². The second-order valence-electron chi connectivity index (χ2n) is 7.65. The molecule has 0 bridgehead atoms. The van der Waals surface area contributed by atoms with E-state index in [-0.39, 0.29) is 17.4 Å². The molecular formula is C20H26F2N4O4. The standard InChI is InChI=1S/C20H26F2N4O4/c1-13-16(20(2,3)28)24-19(30-13)26-9-5-8-25(10-11-26)18(27)14-6-4-7-23-17(14)29-12-15(21)22/h4,6-7,15,28H,5,8-12H2,1-3H3. The van der Waals surface area contributed by atoms with Gasteiger partial charge < -0.3 is 24.1 Å². The first-order valence-corrected chi connectivity index (χ1v) is 9.77. The molecule has 2 aromatic heterocycles. The van der Waals surface area contributed by atoms with Crippen LogP contribution in [0.1, 0.15) is 42.1 Å². The number of hydrogen-bond acceptors (Lipinski definition) is 7. The summed E-state index contributed by atoms with van der Waals surface area (Å²) in [5, 5.41) is 10.2. The second kappa shape index (κ2) is 8.95. The molecule has 1 aliphatic heterocycles. The number of carbonyl (C=O) groups excluding carboxylic acids is 1. The van der Waals surface area contributed by atoms with Crippen LogP contribution < -0.4 is 9.64 Å². The molecule has 1 N–H and O–H groups in total. The van der Waals surface area contributed by atoms with Gasteiger partial charge in [-0.25, -0.2) is 13.8 Å². The average molecular weight is 424 g/mol. The van der Waals surface area contributed by atoms with Crippen LogP contribution in [0.25, 0.3) is 0 Å². The molecule has 0 spiro atoms. The number of ether oxygens (including phenoxy) is 1. The van der Waals surface area contributed by atoms with E-state index in [2.05, 4.69) is 9.97 Å². The molecule has 0 atom stereocenters. The highest BCUT2D eigenvalue weighted by molar-refractivity contribution is 5.96. The average Bonchev–Trinajstić information content (AvgIpc) is 2.93. The Kier molecular flexibility index (Phi) is 6.55. The minimum absolute atomic E-state index is 0.0953. The van der Waals surface area contributed by atoms with Crippen molar-refractivity contribution in [3.05, 3.63) is 35.3 Å². The van der Waals surface area contributed by atoms with E-state index in [4.69, 9.17) is 9.15 Å². The summed E-state index contributed by atoms with van der Waals surface area (Å²) in [4.78, 5) is 24.9. The number of anilines is 1. The van der Waals surface area contributed by atoms with Gasteiger partial charge in [0.1, 0.15) is 22.6 Å². The first-order chi connectivity index (χ1) is 14.2. The lowest BCUT2D eigenvalue weighted by Gasteiger charge is -2.22. The molecule has 1 fully saturated rings. The Morgan fingerprint density at radius 2 is 2.10 bits per heavy atom. The van der Waals surface area contributed by atoms with Crippen molar-refractivity contribution in [1.82, 2.24) is 14.9 Å². The number of aromatic nitrogens is 2. The lowest BCUT2D eigenvalue weighted by Crippen LogP contribution is -2.35. The van der Waals surface area contributed by atoms with Crippen LogP contribution in [0.3, 0.4) is 0 Å². The number of oxazole rings is 1. The fraction of sp³-hybridized carbons (Fsp3) is 0.550. The van der Waals surface area contributed by atoms with Crippen molar-refractivity contribution in [2.24, 2.45) is 0 Å². The predicted octanol–water partition coefficient (Wildman–Crippen LogP) is 2.60. The third-order valence-corrected chi connectivity index (χ3v) is 4.77. The van der Waals surface area contributed by atoms with Crippen molar-refractivity contribution in [2.75, 3.05) is 37.7 Å². The molecule has 8 nitrogen and oxygen atoms in total. The zero-order valence-corrected chi connectivity index (χ0v) is 17.3. The van der Waals surface area contributed by atoms with Crippen molar-refractivity contribution in [3.8, 4) is 5.88 Å². The van der Waals surface area contributed by atoms with E-state index >= 15 is 0 Å². The van der Waals surface area contributed by atoms with Gasteiger partial charge in [-0.15, -0.1) is 0 Å². The number of amides is 1. The smallest absolute Gasteiger partial charge is 0.297 e. The van der Waals surface area contributed by atoms with Gasteiger partial charge in [0.2, 0.25) is 5.88 Å². The molecule has 164 valence electrons. The third kappa shape index (κ3) is 5.05. The summed E-state index contributed by atoms with van der Waals surface area (Å²) in [7, 11) is 0. The molecular weight excluding hydrogens is 398 g/mol. The van der Waals surface area contributed by atoms with E-state index in [1.165, 1.54) is 12.3 Å². The molecule has 0 aliphatic carbocycles. The van der Waals surface area contributed by atoms with Gasteiger partial charge in [-0.3, -0.25) is 4.79 Å². The topological polar surface area (TPSA) is 91.9 Å².